The van der Waals surface area contributed by atoms with Gasteiger partial charge in [0.25, 0.3) is 0 Å². The molecule has 0 fully saturated rings. The Kier molecular flexibility index (Phi) is 4.78. The average Bonchev–Trinajstić information content (AvgIpc) is 1.99. The van der Waals surface area contributed by atoms with Crippen molar-refractivity contribution in [1.82, 2.24) is 0 Å². The van der Waals surface area contributed by atoms with Gasteiger partial charge in [-0.3, -0.25) is 0 Å². The zero-order valence-corrected chi connectivity index (χ0v) is 6.03. The lowest BCUT2D eigenvalue weighted by molar-refractivity contribution is -0.529. The molecule has 0 bridgehead atoms. The molecule has 60 valence electrons. The molecule has 5 nitrogen and oxygen atoms in total. The SMILES string of the molecule is CN=[N+]([O-])CC[C@H](N)CO. The molecule has 1 atom stereocenters. The molecule has 10 heavy (non-hydrogen) atoms. The number of hydroxylamine groups is 1. The van der Waals surface area contributed by atoms with Crippen molar-refractivity contribution in [2.45, 2.75) is 12.5 Å². The van der Waals surface area contributed by atoms with Crippen molar-refractivity contribution in [3.63, 3.8) is 0 Å². The second kappa shape index (κ2) is 5.13. The van der Waals surface area contributed by atoms with Gasteiger partial charge in [-0.1, -0.05) is 4.86 Å². The van der Waals surface area contributed by atoms with E-state index in [0.29, 0.717) is 11.3 Å². The van der Waals surface area contributed by atoms with Crippen LogP contribution in [0.15, 0.2) is 5.11 Å². The summed E-state index contributed by atoms with van der Waals surface area (Å²) in [5.74, 6) is 0. The fourth-order valence-electron chi connectivity index (χ4n) is 0.468. The summed E-state index contributed by atoms with van der Waals surface area (Å²) in [6.07, 6.45) is 0.470. The Morgan fingerprint density at radius 1 is 1.80 bits per heavy atom. The Bertz CT molecular complexity index is 115. The minimum Gasteiger partial charge on any atom is -0.600 e. The molecule has 0 aromatic rings. The molecular formula is C5H13N3O2. The van der Waals surface area contributed by atoms with Crippen LogP contribution in [0, 0.1) is 5.21 Å². The van der Waals surface area contributed by atoms with Gasteiger partial charge in [-0.2, -0.15) is 0 Å². The number of azo groups is 1. The summed E-state index contributed by atoms with van der Waals surface area (Å²) in [5.41, 5.74) is 5.32. The predicted molar refractivity (Wildman–Crippen MR) is 36.5 cm³/mol. The summed E-state index contributed by atoms with van der Waals surface area (Å²) in [6, 6.07) is -0.307. The quantitative estimate of drug-likeness (QED) is 0.313. The number of rotatable bonds is 4. The first-order chi connectivity index (χ1) is 4.70. The first-order valence-electron chi connectivity index (χ1n) is 3.11. The van der Waals surface area contributed by atoms with Gasteiger partial charge >= 0.3 is 0 Å². The molecule has 0 aromatic carbocycles. The van der Waals surface area contributed by atoms with Crippen LogP contribution in [0.4, 0.5) is 0 Å². The maximum absolute atomic E-state index is 10.4. The predicted octanol–water partition coefficient (Wildman–Crippen LogP) is -0.712. The van der Waals surface area contributed by atoms with Gasteiger partial charge in [-0.25, -0.2) is 0 Å². The van der Waals surface area contributed by atoms with Crippen molar-refractivity contribution in [3.8, 4) is 0 Å². The highest BCUT2D eigenvalue weighted by Gasteiger charge is 2.02. The lowest BCUT2D eigenvalue weighted by Gasteiger charge is -2.04. The van der Waals surface area contributed by atoms with E-state index in [4.69, 9.17) is 10.8 Å². The monoisotopic (exact) mass is 147 g/mol. The van der Waals surface area contributed by atoms with Crippen molar-refractivity contribution in [2.24, 2.45) is 10.8 Å². The number of hydrogen-bond donors (Lipinski definition) is 2. The van der Waals surface area contributed by atoms with E-state index in [-0.39, 0.29) is 19.2 Å². The molecule has 0 rings (SSSR count). The number of hydrogen-bond acceptors (Lipinski definition) is 4. The van der Waals surface area contributed by atoms with Crippen LogP contribution in [-0.4, -0.2) is 36.2 Å². The zero-order valence-electron chi connectivity index (χ0n) is 6.03. The third kappa shape index (κ3) is 4.22. The van der Waals surface area contributed by atoms with Crippen molar-refractivity contribution in [2.75, 3.05) is 20.2 Å². The Labute approximate surface area is 59.7 Å². The molecule has 0 saturated carbocycles. The molecule has 0 aliphatic carbocycles. The smallest absolute Gasteiger partial charge is 0.182 e. The van der Waals surface area contributed by atoms with Crippen molar-refractivity contribution in [3.05, 3.63) is 5.21 Å². The third-order valence-electron chi connectivity index (χ3n) is 1.15. The molecule has 0 heterocycles. The van der Waals surface area contributed by atoms with Gasteiger partial charge in [0.2, 0.25) is 0 Å². The highest BCUT2D eigenvalue weighted by molar-refractivity contribution is 4.55. The van der Waals surface area contributed by atoms with E-state index in [0.717, 1.165) is 0 Å². The molecule has 0 unspecified atom stereocenters. The van der Waals surface area contributed by atoms with E-state index in [2.05, 4.69) is 5.11 Å². The number of nitrogens with two attached hydrogens (primary N) is 1. The standard InChI is InChI=1S/C5H13N3O2/c1-7-8(10)3-2-5(6)4-9/h5,9H,2-4,6H2,1H3/t5-/m0/s1. The summed E-state index contributed by atoms with van der Waals surface area (Å²) >= 11 is 0. The molecular weight excluding hydrogens is 134 g/mol. The Balaban J connectivity index is 3.35. The molecule has 0 aliphatic rings. The fraction of sp³-hybridized carbons (Fsp3) is 1.00. The molecule has 3 N–H and O–H groups in total. The van der Waals surface area contributed by atoms with Gasteiger partial charge in [0.15, 0.2) is 6.54 Å². The molecule has 0 saturated heterocycles. The number of aliphatic hydroxyl groups excluding tert-OH is 1. The van der Waals surface area contributed by atoms with Crippen LogP contribution >= 0.6 is 0 Å². The lowest BCUT2D eigenvalue weighted by atomic mass is 10.2. The zero-order chi connectivity index (χ0) is 7.98. The Morgan fingerprint density at radius 3 is 2.80 bits per heavy atom. The maximum atomic E-state index is 10.4. The maximum Gasteiger partial charge on any atom is 0.182 e. The van der Waals surface area contributed by atoms with Gasteiger partial charge < -0.3 is 16.0 Å². The van der Waals surface area contributed by atoms with Gasteiger partial charge in [-0.05, 0) is 5.11 Å². The van der Waals surface area contributed by atoms with Crippen molar-refractivity contribution < 1.29 is 9.97 Å². The van der Waals surface area contributed by atoms with E-state index >= 15 is 0 Å². The Hall–Kier alpha value is -0.680. The molecule has 0 radical (unpaired) electrons. The van der Waals surface area contributed by atoms with Crippen LogP contribution < -0.4 is 5.73 Å². The van der Waals surface area contributed by atoms with Gasteiger partial charge in [0.1, 0.15) is 0 Å². The average molecular weight is 147 g/mol. The summed E-state index contributed by atoms with van der Waals surface area (Å²) < 4.78 is 0. The van der Waals surface area contributed by atoms with E-state index in [1.807, 2.05) is 0 Å². The lowest BCUT2D eigenvalue weighted by Crippen LogP contribution is -2.27. The van der Waals surface area contributed by atoms with E-state index in [1.54, 1.807) is 0 Å². The molecule has 0 amide bonds. The van der Waals surface area contributed by atoms with Crippen LogP contribution in [0.25, 0.3) is 0 Å². The van der Waals surface area contributed by atoms with Crippen molar-refractivity contribution in [1.29, 1.82) is 0 Å². The van der Waals surface area contributed by atoms with Crippen LogP contribution in [-0.2, 0) is 0 Å². The highest BCUT2D eigenvalue weighted by atomic mass is 16.5. The van der Waals surface area contributed by atoms with Gasteiger partial charge in [-0.15, -0.1) is 0 Å². The summed E-state index contributed by atoms with van der Waals surface area (Å²) in [5, 5.41) is 22.2. The van der Waals surface area contributed by atoms with Gasteiger partial charge in [0.05, 0.1) is 13.7 Å². The Morgan fingerprint density at radius 2 is 2.40 bits per heavy atom. The second-order valence-corrected chi connectivity index (χ2v) is 2.01. The van der Waals surface area contributed by atoms with E-state index in [9.17, 15) is 5.21 Å². The summed E-state index contributed by atoms with van der Waals surface area (Å²) in [6.45, 7) is 0.162. The van der Waals surface area contributed by atoms with Crippen molar-refractivity contribution >= 4 is 0 Å². The van der Waals surface area contributed by atoms with Crippen LogP contribution in [0.1, 0.15) is 6.42 Å². The normalized spacial score (nSPS) is 15.3. The van der Waals surface area contributed by atoms with E-state index < -0.39 is 0 Å². The van der Waals surface area contributed by atoms with Crippen LogP contribution in [0.3, 0.4) is 0 Å². The minimum atomic E-state index is -0.307. The first kappa shape index (κ1) is 9.32. The molecule has 0 aromatic heterocycles. The molecule has 0 spiro atoms. The van der Waals surface area contributed by atoms with E-state index in [1.165, 1.54) is 7.05 Å². The third-order valence-corrected chi connectivity index (χ3v) is 1.15. The number of aliphatic hydroxyl groups is 1. The summed E-state index contributed by atoms with van der Waals surface area (Å²) in [7, 11) is 1.41. The number of nitrogens with zero attached hydrogens (tertiary/aromatic N) is 2. The second-order valence-electron chi connectivity index (χ2n) is 2.01. The topological polar surface area (TPSA) is 84.7 Å². The highest BCUT2D eigenvalue weighted by Crippen LogP contribution is 1.86. The van der Waals surface area contributed by atoms with Gasteiger partial charge in [0, 0.05) is 12.5 Å². The minimum absolute atomic E-state index is 0.0858. The molecule has 5 heteroatoms. The fourth-order valence-corrected chi connectivity index (χ4v) is 0.468. The summed E-state index contributed by atoms with van der Waals surface area (Å²) in [4.78, 5) is 0.551. The first-order valence-corrected chi connectivity index (χ1v) is 3.11. The van der Waals surface area contributed by atoms with Crippen LogP contribution in [0.2, 0.25) is 0 Å². The van der Waals surface area contributed by atoms with Crippen LogP contribution in [0.5, 0.6) is 0 Å². The molecule has 0 aliphatic heterocycles. The largest absolute Gasteiger partial charge is 0.600 e.